The Morgan fingerprint density at radius 3 is 2.67 bits per heavy atom. The molecule has 0 radical (unpaired) electrons. The molecule has 1 aliphatic rings. The van der Waals surface area contributed by atoms with Crippen molar-refractivity contribution in [2.24, 2.45) is 0 Å². The summed E-state index contributed by atoms with van der Waals surface area (Å²) < 4.78 is 6.26. The Balaban J connectivity index is 1.73. The first-order valence-electron chi connectivity index (χ1n) is 7.61. The topological polar surface area (TPSA) is 75.7 Å². The highest BCUT2D eigenvalue weighted by molar-refractivity contribution is 9.10. The van der Waals surface area contributed by atoms with Crippen molar-refractivity contribution >= 4 is 45.3 Å². The lowest BCUT2D eigenvalue weighted by molar-refractivity contribution is -0.138. The van der Waals surface area contributed by atoms with Crippen LogP contribution in [0.2, 0.25) is 5.02 Å². The van der Waals surface area contributed by atoms with E-state index in [-0.39, 0.29) is 30.6 Å². The number of benzene rings is 1. The van der Waals surface area contributed by atoms with Gasteiger partial charge in [-0.1, -0.05) is 11.6 Å². The molecule has 1 fully saturated rings. The number of ether oxygens (including phenoxy) is 1. The summed E-state index contributed by atoms with van der Waals surface area (Å²) in [6.07, 6.45) is 0.399. The predicted octanol–water partition coefficient (Wildman–Crippen LogP) is 2.53. The van der Waals surface area contributed by atoms with E-state index in [0.29, 0.717) is 34.8 Å². The van der Waals surface area contributed by atoms with Gasteiger partial charge in [-0.15, -0.1) is 0 Å². The number of nitrogens with one attached hydrogen (secondary N) is 1. The second-order valence-electron chi connectivity index (χ2n) is 5.42. The minimum absolute atomic E-state index is 0.143. The summed E-state index contributed by atoms with van der Waals surface area (Å²) in [5, 5.41) is 3.30. The highest BCUT2D eigenvalue weighted by Crippen LogP contribution is 2.28. The number of likely N-dealkylation sites (tertiary alicyclic amines) is 1. The summed E-state index contributed by atoms with van der Waals surface area (Å²) in [4.78, 5) is 36.2. The molecule has 1 aromatic carbocycles. The van der Waals surface area contributed by atoms with Crippen LogP contribution in [0.4, 0.5) is 0 Å². The Hall–Kier alpha value is -1.60. The van der Waals surface area contributed by atoms with Crippen molar-refractivity contribution in [1.29, 1.82) is 0 Å². The van der Waals surface area contributed by atoms with Crippen LogP contribution in [-0.4, -0.2) is 41.8 Å². The monoisotopic (exact) mass is 416 g/mol. The second kappa shape index (κ2) is 8.48. The molecule has 0 bridgehead atoms. The first kappa shape index (κ1) is 18.7. The molecule has 1 aromatic rings. The van der Waals surface area contributed by atoms with Crippen molar-refractivity contribution in [3.63, 3.8) is 0 Å². The summed E-state index contributed by atoms with van der Waals surface area (Å²) in [5.41, 5.74) is 0. The van der Waals surface area contributed by atoms with Gasteiger partial charge in [0, 0.05) is 31.0 Å². The Bertz CT molecular complexity index is 637. The van der Waals surface area contributed by atoms with Crippen molar-refractivity contribution in [3.05, 3.63) is 27.7 Å². The molecule has 0 aromatic heterocycles. The van der Waals surface area contributed by atoms with Crippen molar-refractivity contribution in [1.82, 2.24) is 10.2 Å². The van der Waals surface area contributed by atoms with Crippen LogP contribution < -0.4 is 10.1 Å². The fraction of sp³-hybridized carbons (Fsp3) is 0.438. The van der Waals surface area contributed by atoms with Gasteiger partial charge in [0.25, 0.3) is 5.91 Å². The van der Waals surface area contributed by atoms with Crippen molar-refractivity contribution < 1.29 is 19.1 Å². The number of hydrogen-bond donors (Lipinski definition) is 1. The number of halogens is 2. The van der Waals surface area contributed by atoms with Gasteiger partial charge in [-0.2, -0.15) is 0 Å². The zero-order valence-electron chi connectivity index (χ0n) is 13.2. The van der Waals surface area contributed by atoms with Crippen LogP contribution in [0.1, 0.15) is 26.2 Å². The third-order valence-corrected chi connectivity index (χ3v) is 4.43. The Labute approximate surface area is 153 Å². The first-order valence-corrected chi connectivity index (χ1v) is 8.78. The van der Waals surface area contributed by atoms with E-state index in [9.17, 15) is 14.4 Å². The van der Waals surface area contributed by atoms with Crippen LogP contribution in [0.3, 0.4) is 0 Å². The number of amides is 3. The van der Waals surface area contributed by atoms with Crippen molar-refractivity contribution in [3.8, 4) is 5.75 Å². The SMILES string of the molecule is CC(Oc1ccc(Cl)cc1Br)C(=O)NCCCN1C(=O)CCC1=O. The van der Waals surface area contributed by atoms with Gasteiger partial charge >= 0.3 is 0 Å². The number of hydrogen-bond acceptors (Lipinski definition) is 4. The fourth-order valence-electron chi connectivity index (χ4n) is 2.28. The van der Waals surface area contributed by atoms with Crippen LogP contribution in [-0.2, 0) is 14.4 Å². The Kier molecular flexibility index (Phi) is 6.62. The maximum Gasteiger partial charge on any atom is 0.260 e. The predicted molar refractivity (Wildman–Crippen MR) is 92.8 cm³/mol. The quantitative estimate of drug-likeness (QED) is 0.546. The normalized spacial score (nSPS) is 15.5. The minimum atomic E-state index is -0.683. The highest BCUT2D eigenvalue weighted by Gasteiger charge is 2.28. The standard InChI is InChI=1S/C16H18BrClN2O4/c1-10(24-13-4-3-11(18)9-12(13)17)16(23)19-7-2-8-20-14(21)5-6-15(20)22/h3-4,9-10H,2,5-8H2,1H3,(H,19,23). The molecular formula is C16H18BrClN2O4. The summed E-state index contributed by atoms with van der Waals surface area (Å²) >= 11 is 9.19. The zero-order chi connectivity index (χ0) is 17.7. The van der Waals surface area contributed by atoms with E-state index < -0.39 is 6.10 Å². The van der Waals surface area contributed by atoms with E-state index in [1.54, 1.807) is 25.1 Å². The number of carbonyl (C=O) groups is 3. The van der Waals surface area contributed by atoms with Crippen molar-refractivity contribution in [2.75, 3.05) is 13.1 Å². The molecule has 24 heavy (non-hydrogen) atoms. The van der Waals surface area contributed by atoms with E-state index in [1.165, 1.54) is 4.90 Å². The molecule has 2 rings (SSSR count). The summed E-state index contributed by atoms with van der Waals surface area (Å²) in [7, 11) is 0. The van der Waals surface area contributed by atoms with Gasteiger partial charge < -0.3 is 10.1 Å². The smallest absolute Gasteiger partial charge is 0.260 e. The highest BCUT2D eigenvalue weighted by atomic mass is 79.9. The van der Waals surface area contributed by atoms with Crippen LogP contribution in [0, 0.1) is 0 Å². The lowest BCUT2D eigenvalue weighted by atomic mass is 10.3. The van der Waals surface area contributed by atoms with Gasteiger partial charge in [-0.3, -0.25) is 19.3 Å². The minimum Gasteiger partial charge on any atom is -0.480 e. The summed E-state index contributed by atoms with van der Waals surface area (Å²) in [6, 6.07) is 5.04. The molecule has 130 valence electrons. The molecule has 8 heteroatoms. The van der Waals surface area contributed by atoms with Gasteiger partial charge in [0.1, 0.15) is 5.75 Å². The van der Waals surface area contributed by atoms with Crippen molar-refractivity contribution in [2.45, 2.75) is 32.3 Å². The van der Waals surface area contributed by atoms with E-state index in [2.05, 4.69) is 21.2 Å². The van der Waals surface area contributed by atoms with E-state index in [0.717, 1.165) is 0 Å². The van der Waals surface area contributed by atoms with Crippen LogP contribution in [0.5, 0.6) is 5.75 Å². The summed E-state index contributed by atoms with van der Waals surface area (Å²) in [5.74, 6) is -0.0301. The zero-order valence-corrected chi connectivity index (χ0v) is 15.5. The maximum absolute atomic E-state index is 12.0. The molecule has 6 nitrogen and oxygen atoms in total. The van der Waals surface area contributed by atoms with Crippen LogP contribution >= 0.6 is 27.5 Å². The van der Waals surface area contributed by atoms with Crippen LogP contribution in [0.15, 0.2) is 22.7 Å². The van der Waals surface area contributed by atoms with Gasteiger partial charge in [0.2, 0.25) is 11.8 Å². The molecule has 0 spiro atoms. The van der Waals surface area contributed by atoms with E-state index in [1.807, 2.05) is 0 Å². The third kappa shape index (κ3) is 4.95. The van der Waals surface area contributed by atoms with E-state index >= 15 is 0 Å². The molecule has 1 N–H and O–H groups in total. The fourth-order valence-corrected chi connectivity index (χ4v) is 3.06. The molecule has 1 aliphatic heterocycles. The molecule has 1 atom stereocenters. The average Bonchev–Trinajstić information content (AvgIpc) is 2.85. The van der Waals surface area contributed by atoms with Gasteiger partial charge in [-0.25, -0.2) is 0 Å². The van der Waals surface area contributed by atoms with Gasteiger partial charge in [-0.05, 0) is 47.5 Å². The lowest BCUT2D eigenvalue weighted by Crippen LogP contribution is -2.38. The first-order chi connectivity index (χ1) is 11.4. The number of carbonyl (C=O) groups excluding carboxylic acids is 3. The van der Waals surface area contributed by atoms with Crippen LogP contribution in [0.25, 0.3) is 0 Å². The lowest BCUT2D eigenvalue weighted by Gasteiger charge is -2.17. The molecule has 3 amide bonds. The Morgan fingerprint density at radius 2 is 2.04 bits per heavy atom. The summed E-state index contributed by atoms with van der Waals surface area (Å²) in [6.45, 7) is 2.34. The second-order valence-corrected chi connectivity index (χ2v) is 6.71. The molecule has 0 aliphatic carbocycles. The molecular weight excluding hydrogens is 400 g/mol. The Morgan fingerprint density at radius 1 is 1.38 bits per heavy atom. The number of imide groups is 1. The average molecular weight is 418 g/mol. The third-order valence-electron chi connectivity index (χ3n) is 3.58. The maximum atomic E-state index is 12.0. The molecule has 1 saturated heterocycles. The molecule has 1 heterocycles. The number of nitrogens with zero attached hydrogens (tertiary/aromatic N) is 1. The largest absolute Gasteiger partial charge is 0.480 e. The van der Waals surface area contributed by atoms with Gasteiger partial charge in [0.05, 0.1) is 4.47 Å². The number of rotatable bonds is 7. The molecule has 0 saturated carbocycles. The van der Waals surface area contributed by atoms with Gasteiger partial charge in [0.15, 0.2) is 6.10 Å². The van der Waals surface area contributed by atoms with E-state index in [4.69, 9.17) is 16.3 Å². The molecule has 1 unspecified atom stereocenters.